The zero-order valence-electron chi connectivity index (χ0n) is 5.83. The standard InChI is InChI=1S/C5H14N2O2/c1-6-7(2)3-5(9)4-8/h5-6,8-9H,3-4H2,1-2H3/t5-/m0/s1. The maximum atomic E-state index is 8.83. The Morgan fingerprint density at radius 2 is 2.22 bits per heavy atom. The van der Waals surface area contributed by atoms with Crippen molar-refractivity contribution in [2.45, 2.75) is 6.10 Å². The van der Waals surface area contributed by atoms with Gasteiger partial charge in [0.25, 0.3) is 0 Å². The summed E-state index contributed by atoms with van der Waals surface area (Å²) in [4.78, 5) is 0. The molecule has 0 aromatic rings. The Balaban J connectivity index is 3.22. The van der Waals surface area contributed by atoms with Gasteiger partial charge in [0.1, 0.15) is 0 Å². The van der Waals surface area contributed by atoms with E-state index in [2.05, 4.69) is 5.43 Å². The Kier molecular flexibility index (Phi) is 4.61. The van der Waals surface area contributed by atoms with Crippen LogP contribution in [0.5, 0.6) is 0 Å². The van der Waals surface area contributed by atoms with Crippen LogP contribution in [-0.4, -0.2) is 48.6 Å². The second-order valence-corrected chi connectivity index (χ2v) is 1.94. The fourth-order valence-corrected chi connectivity index (χ4v) is 0.465. The Bertz CT molecular complexity index is 62.0. The van der Waals surface area contributed by atoms with E-state index in [0.717, 1.165) is 0 Å². The lowest BCUT2D eigenvalue weighted by atomic mass is 10.4. The van der Waals surface area contributed by atoms with Gasteiger partial charge in [0.2, 0.25) is 0 Å². The summed E-state index contributed by atoms with van der Waals surface area (Å²) in [5.41, 5.74) is 2.79. The lowest BCUT2D eigenvalue weighted by molar-refractivity contribution is 0.0551. The average molecular weight is 134 g/mol. The zero-order chi connectivity index (χ0) is 7.28. The molecule has 1 atom stereocenters. The fraction of sp³-hybridized carbons (Fsp3) is 1.00. The molecule has 0 spiro atoms. The van der Waals surface area contributed by atoms with Crippen LogP contribution < -0.4 is 5.43 Å². The maximum absolute atomic E-state index is 8.83. The molecule has 0 amide bonds. The van der Waals surface area contributed by atoms with Gasteiger partial charge in [-0.25, -0.2) is 5.01 Å². The number of aliphatic hydroxyl groups excluding tert-OH is 2. The van der Waals surface area contributed by atoms with Crippen LogP contribution in [-0.2, 0) is 0 Å². The van der Waals surface area contributed by atoms with E-state index in [-0.39, 0.29) is 6.61 Å². The number of aliphatic hydroxyl groups is 2. The molecular formula is C5H14N2O2. The van der Waals surface area contributed by atoms with E-state index in [1.165, 1.54) is 0 Å². The van der Waals surface area contributed by atoms with Crippen molar-refractivity contribution in [3.63, 3.8) is 0 Å². The highest BCUT2D eigenvalue weighted by atomic mass is 16.3. The molecule has 0 aromatic heterocycles. The van der Waals surface area contributed by atoms with Crippen LogP contribution in [0.3, 0.4) is 0 Å². The lowest BCUT2D eigenvalue weighted by Crippen LogP contribution is -2.38. The van der Waals surface area contributed by atoms with E-state index in [4.69, 9.17) is 10.2 Å². The minimum absolute atomic E-state index is 0.188. The van der Waals surface area contributed by atoms with Gasteiger partial charge in [-0.15, -0.1) is 0 Å². The number of nitrogens with one attached hydrogen (secondary N) is 1. The molecule has 3 N–H and O–H groups in total. The molecule has 9 heavy (non-hydrogen) atoms. The maximum Gasteiger partial charge on any atom is 0.0911 e. The van der Waals surface area contributed by atoms with E-state index < -0.39 is 6.10 Å². The van der Waals surface area contributed by atoms with Crippen LogP contribution in [0.15, 0.2) is 0 Å². The number of hydrogen-bond acceptors (Lipinski definition) is 4. The first kappa shape index (κ1) is 8.84. The van der Waals surface area contributed by atoms with Crippen molar-refractivity contribution in [2.24, 2.45) is 0 Å². The predicted octanol–water partition coefficient (Wildman–Crippen LogP) is -1.59. The zero-order valence-corrected chi connectivity index (χ0v) is 5.83. The van der Waals surface area contributed by atoms with Gasteiger partial charge in [-0.3, -0.25) is 5.43 Å². The highest BCUT2D eigenvalue weighted by Crippen LogP contribution is 1.81. The van der Waals surface area contributed by atoms with E-state index >= 15 is 0 Å². The van der Waals surface area contributed by atoms with E-state index in [1.54, 1.807) is 19.1 Å². The molecule has 0 aliphatic heterocycles. The number of rotatable bonds is 4. The number of nitrogens with zero attached hydrogens (tertiary/aromatic N) is 1. The Labute approximate surface area is 55.1 Å². The van der Waals surface area contributed by atoms with Gasteiger partial charge in [-0.05, 0) is 7.05 Å². The first-order chi connectivity index (χ1) is 4.20. The molecule has 0 aromatic carbocycles. The Morgan fingerprint density at radius 3 is 2.56 bits per heavy atom. The summed E-state index contributed by atoms with van der Waals surface area (Å²) in [6.07, 6.45) is -0.651. The van der Waals surface area contributed by atoms with Crippen molar-refractivity contribution < 1.29 is 10.2 Å². The third-order valence-corrected chi connectivity index (χ3v) is 1.08. The molecule has 4 heteroatoms. The van der Waals surface area contributed by atoms with Gasteiger partial charge in [0, 0.05) is 13.6 Å². The van der Waals surface area contributed by atoms with Crippen molar-refractivity contribution >= 4 is 0 Å². The van der Waals surface area contributed by atoms with Crippen LogP contribution in [0.4, 0.5) is 0 Å². The smallest absolute Gasteiger partial charge is 0.0911 e. The van der Waals surface area contributed by atoms with Crippen LogP contribution in [0.1, 0.15) is 0 Å². The molecule has 0 heterocycles. The topological polar surface area (TPSA) is 55.7 Å². The van der Waals surface area contributed by atoms with Crippen molar-refractivity contribution in [2.75, 3.05) is 27.2 Å². The second-order valence-electron chi connectivity index (χ2n) is 1.94. The predicted molar refractivity (Wildman–Crippen MR) is 34.8 cm³/mol. The summed E-state index contributed by atoms with van der Waals surface area (Å²) < 4.78 is 0. The molecule has 0 saturated heterocycles. The molecule has 0 saturated carbocycles. The van der Waals surface area contributed by atoms with Crippen LogP contribution in [0.2, 0.25) is 0 Å². The third kappa shape index (κ3) is 4.35. The van der Waals surface area contributed by atoms with Crippen molar-refractivity contribution in [1.29, 1.82) is 0 Å². The minimum atomic E-state index is -0.651. The summed E-state index contributed by atoms with van der Waals surface area (Å²) in [7, 11) is 3.54. The van der Waals surface area contributed by atoms with Crippen LogP contribution in [0.25, 0.3) is 0 Å². The summed E-state index contributed by atoms with van der Waals surface area (Å²) >= 11 is 0. The van der Waals surface area contributed by atoms with Gasteiger partial charge in [-0.1, -0.05) is 0 Å². The normalized spacial score (nSPS) is 14.3. The van der Waals surface area contributed by atoms with E-state index in [1.807, 2.05) is 0 Å². The average Bonchev–Trinajstić information content (AvgIpc) is 1.87. The highest BCUT2D eigenvalue weighted by Gasteiger charge is 2.03. The molecule has 0 bridgehead atoms. The first-order valence-electron chi connectivity index (χ1n) is 2.88. The Hall–Kier alpha value is -0.160. The summed E-state index contributed by atoms with van der Waals surface area (Å²) in [5, 5.41) is 18.9. The number of hydrazine groups is 1. The molecular weight excluding hydrogens is 120 g/mol. The number of likely N-dealkylation sites (N-methyl/N-ethyl adjacent to an activating group) is 1. The summed E-state index contributed by atoms with van der Waals surface area (Å²) in [6, 6.07) is 0. The number of hydrogen-bond donors (Lipinski definition) is 3. The fourth-order valence-electron chi connectivity index (χ4n) is 0.465. The van der Waals surface area contributed by atoms with Crippen molar-refractivity contribution in [3.8, 4) is 0 Å². The molecule has 0 aliphatic rings. The van der Waals surface area contributed by atoms with Gasteiger partial charge < -0.3 is 10.2 Å². The SMILES string of the molecule is CNN(C)C[C@H](O)CO. The van der Waals surface area contributed by atoms with Gasteiger partial charge in [0.05, 0.1) is 12.7 Å². The van der Waals surface area contributed by atoms with Crippen LogP contribution >= 0.6 is 0 Å². The molecule has 0 unspecified atom stereocenters. The van der Waals surface area contributed by atoms with Crippen LogP contribution in [0, 0.1) is 0 Å². The monoisotopic (exact) mass is 134 g/mol. The van der Waals surface area contributed by atoms with E-state index in [9.17, 15) is 0 Å². The van der Waals surface area contributed by atoms with Gasteiger partial charge in [-0.2, -0.15) is 0 Å². The summed E-state index contributed by atoms with van der Waals surface area (Å²) in [5.74, 6) is 0. The molecule has 0 fully saturated rings. The van der Waals surface area contributed by atoms with E-state index in [0.29, 0.717) is 6.54 Å². The molecule has 0 radical (unpaired) electrons. The largest absolute Gasteiger partial charge is 0.394 e. The third-order valence-electron chi connectivity index (χ3n) is 1.08. The highest BCUT2D eigenvalue weighted by molar-refractivity contribution is 4.54. The first-order valence-corrected chi connectivity index (χ1v) is 2.88. The molecule has 4 nitrogen and oxygen atoms in total. The van der Waals surface area contributed by atoms with Crippen molar-refractivity contribution in [3.05, 3.63) is 0 Å². The molecule has 0 aliphatic carbocycles. The molecule has 0 rings (SSSR count). The minimum Gasteiger partial charge on any atom is -0.394 e. The van der Waals surface area contributed by atoms with Gasteiger partial charge in [0.15, 0.2) is 0 Å². The van der Waals surface area contributed by atoms with Crippen molar-refractivity contribution in [1.82, 2.24) is 10.4 Å². The molecule has 56 valence electrons. The Morgan fingerprint density at radius 1 is 1.67 bits per heavy atom. The lowest BCUT2D eigenvalue weighted by Gasteiger charge is -2.17. The summed E-state index contributed by atoms with van der Waals surface area (Å²) in [6.45, 7) is 0.249. The quantitative estimate of drug-likeness (QED) is 0.406. The second kappa shape index (κ2) is 4.69. The van der Waals surface area contributed by atoms with Gasteiger partial charge >= 0.3 is 0 Å².